The van der Waals surface area contributed by atoms with Crippen molar-refractivity contribution in [2.24, 2.45) is 4.99 Å². The first-order chi connectivity index (χ1) is 12.5. The lowest BCUT2D eigenvalue weighted by Crippen LogP contribution is -2.42. The minimum Gasteiger partial charge on any atom is -0.480 e. The van der Waals surface area contributed by atoms with Crippen molar-refractivity contribution in [3.8, 4) is 0 Å². The molecule has 1 aromatic carbocycles. The second-order valence-corrected chi connectivity index (χ2v) is 5.90. The molecule has 2 aromatic rings. The Bertz CT molecular complexity index is 1020. The molecule has 1 aliphatic heterocycles. The number of rotatable bonds is 4. The average Bonchev–Trinajstić information content (AvgIpc) is 3.12. The SMILES string of the molecule is O=C(O)CN1C(c2nc3ccc([N+](=O)[O-])cc3n2O)=NC2C=CC=CC21. The Hall–Kier alpha value is -3.69. The minimum atomic E-state index is -1.04. The molecule has 4 rings (SSSR count). The second-order valence-electron chi connectivity index (χ2n) is 5.90. The third-order valence-electron chi connectivity index (χ3n) is 4.31. The van der Waals surface area contributed by atoms with E-state index >= 15 is 0 Å². The van der Waals surface area contributed by atoms with Gasteiger partial charge in [0.25, 0.3) is 5.69 Å². The summed E-state index contributed by atoms with van der Waals surface area (Å²) in [5.41, 5.74) is 0.301. The summed E-state index contributed by atoms with van der Waals surface area (Å²) in [7, 11) is 0. The number of aromatic nitrogens is 2. The van der Waals surface area contributed by atoms with Crippen LogP contribution in [0, 0.1) is 10.1 Å². The Morgan fingerprint density at radius 3 is 2.81 bits per heavy atom. The standard InChI is InChI=1S/C16H13N5O5/c22-14(23)8-19-12-4-2-1-3-10(12)17-15(19)16-18-11-6-5-9(21(25)26)7-13(11)20(16)24/h1-7,10,12,24H,8H2,(H,22,23). The fraction of sp³-hybridized carbons (Fsp3) is 0.188. The lowest BCUT2D eigenvalue weighted by molar-refractivity contribution is -0.384. The molecule has 0 bridgehead atoms. The second kappa shape index (κ2) is 5.69. The predicted molar refractivity (Wildman–Crippen MR) is 90.3 cm³/mol. The minimum absolute atomic E-state index is 0.0398. The number of hydrogen-bond donors (Lipinski definition) is 2. The van der Waals surface area contributed by atoms with Gasteiger partial charge in [0.1, 0.15) is 12.1 Å². The number of fused-ring (bicyclic) bond motifs is 2. The molecule has 2 N–H and O–H groups in total. The van der Waals surface area contributed by atoms with Gasteiger partial charge in [0, 0.05) is 12.1 Å². The van der Waals surface area contributed by atoms with Gasteiger partial charge in [-0.2, -0.15) is 4.73 Å². The molecule has 0 fully saturated rings. The smallest absolute Gasteiger partial charge is 0.323 e. The van der Waals surface area contributed by atoms with E-state index in [2.05, 4.69) is 9.98 Å². The van der Waals surface area contributed by atoms with Crippen LogP contribution in [0.4, 0.5) is 5.69 Å². The van der Waals surface area contributed by atoms with E-state index in [1.807, 2.05) is 18.2 Å². The zero-order valence-corrected chi connectivity index (χ0v) is 13.3. The number of nitro groups is 1. The lowest BCUT2D eigenvalue weighted by atomic mass is 10.0. The maximum absolute atomic E-state index is 11.3. The molecule has 1 aliphatic carbocycles. The van der Waals surface area contributed by atoms with Gasteiger partial charge in [-0.3, -0.25) is 19.9 Å². The van der Waals surface area contributed by atoms with Crippen molar-refractivity contribution in [2.45, 2.75) is 12.1 Å². The molecule has 132 valence electrons. The summed E-state index contributed by atoms with van der Waals surface area (Å²) in [6.07, 6.45) is 7.29. The maximum atomic E-state index is 11.3. The number of carbonyl (C=O) groups is 1. The normalized spacial score (nSPS) is 21.1. The number of nitro benzene ring substituents is 1. The third-order valence-corrected chi connectivity index (χ3v) is 4.31. The molecule has 0 saturated heterocycles. The number of carboxylic acids is 1. The van der Waals surface area contributed by atoms with Crippen LogP contribution in [-0.4, -0.2) is 60.3 Å². The highest BCUT2D eigenvalue weighted by Gasteiger charge is 2.38. The van der Waals surface area contributed by atoms with Crippen LogP contribution in [0.5, 0.6) is 0 Å². The Morgan fingerprint density at radius 1 is 1.31 bits per heavy atom. The van der Waals surface area contributed by atoms with Crippen molar-refractivity contribution < 1.29 is 20.0 Å². The molecular formula is C16H13N5O5. The summed E-state index contributed by atoms with van der Waals surface area (Å²) >= 11 is 0. The number of carboxylic acid groups (broad SMARTS) is 1. The largest absolute Gasteiger partial charge is 0.480 e. The summed E-state index contributed by atoms with van der Waals surface area (Å²) in [6.45, 7) is -0.318. The number of aliphatic carboxylic acids is 1. The van der Waals surface area contributed by atoms with Crippen molar-refractivity contribution >= 4 is 28.5 Å². The zero-order chi connectivity index (χ0) is 18.4. The number of aliphatic imine (C=N–C) groups is 1. The molecule has 2 aliphatic rings. The van der Waals surface area contributed by atoms with Gasteiger partial charge >= 0.3 is 5.97 Å². The molecule has 0 radical (unpaired) electrons. The molecular weight excluding hydrogens is 342 g/mol. The van der Waals surface area contributed by atoms with E-state index in [9.17, 15) is 25.2 Å². The van der Waals surface area contributed by atoms with Crippen LogP contribution >= 0.6 is 0 Å². The van der Waals surface area contributed by atoms with Gasteiger partial charge in [-0.05, 0) is 6.07 Å². The van der Waals surface area contributed by atoms with Gasteiger partial charge in [-0.25, -0.2) is 4.98 Å². The van der Waals surface area contributed by atoms with Crippen LogP contribution in [0.25, 0.3) is 11.0 Å². The fourth-order valence-electron chi connectivity index (χ4n) is 3.17. The first-order valence-electron chi connectivity index (χ1n) is 7.73. The van der Waals surface area contributed by atoms with Crippen LogP contribution in [0.15, 0.2) is 47.5 Å². The van der Waals surface area contributed by atoms with E-state index in [0.29, 0.717) is 10.2 Å². The molecule has 26 heavy (non-hydrogen) atoms. The van der Waals surface area contributed by atoms with Crippen molar-refractivity contribution in [2.75, 3.05) is 6.54 Å². The van der Waals surface area contributed by atoms with Crippen molar-refractivity contribution in [1.82, 2.24) is 14.6 Å². The highest BCUT2D eigenvalue weighted by Crippen LogP contribution is 2.28. The lowest BCUT2D eigenvalue weighted by Gasteiger charge is -2.26. The zero-order valence-electron chi connectivity index (χ0n) is 13.3. The number of amidine groups is 1. The van der Waals surface area contributed by atoms with Gasteiger partial charge in [0.05, 0.1) is 22.5 Å². The molecule has 0 saturated carbocycles. The van der Waals surface area contributed by atoms with Gasteiger partial charge in [-0.15, -0.1) is 0 Å². The number of nitrogens with zero attached hydrogens (tertiary/aromatic N) is 5. The summed E-state index contributed by atoms with van der Waals surface area (Å²) in [5, 5.41) is 30.7. The first-order valence-corrected chi connectivity index (χ1v) is 7.73. The highest BCUT2D eigenvalue weighted by molar-refractivity contribution is 6.01. The van der Waals surface area contributed by atoms with E-state index in [4.69, 9.17) is 0 Å². The monoisotopic (exact) mass is 355 g/mol. The van der Waals surface area contributed by atoms with E-state index in [0.717, 1.165) is 0 Å². The Kier molecular flexibility index (Phi) is 3.46. The van der Waals surface area contributed by atoms with Crippen LogP contribution in [0.1, 0.15) is 5.82 Å². The molecule has 0 amide bonds. The number of hydrogen-bond acceptors (Lipinski definition) is 7. The number of allylic oxidation sites excluding steroid dienone is 2. The van der Waals surface area contributed by atoms with Crippen LogP contribution in [0.3, 0.4) is 0 Å². The van der Waals surface area contributed by atoms with Crippen molar-refractivity contribution in [1.29, 1.82) is 0 Å². The Labute approximate surface area is 146 Å². The van der Waals surface area contributed by atoms with Gasteiger partial charge in [-0.1, -0.05) is 24.3 Å². The molecule has 10 heteroatoms. The van der Waals surface area contributed by atoms with Gasteiger partial charge < -0.3 is 15.2 Å². The number of imidazole rings is 1. The fourth-order valence-corrected chi connectivity index (χ4v) is 3.17. The van der Waals surface area contributed by atoms with Gasteiger partial charge in [0.15, 0.2) is 5.84 Å². The quantitative estimate of drug-likeness (QED) is 0.478. The highest BCUT2D eigenvalue weighted by atomic mass is 16.6. The van der Waals surface area contributed by atoms with Crippen LogP contribution in [0.2, 0.25) is 0 Å². The Morgan fingerprint density at radius 2 is 2.08 bits per heavy atom. The van der Waals surface area contributed by atoms with E-state index < -0.39 is 10.9 Å². The topological polar surface area (TPSA) is 134 Å². The predicted octanol–water partition coefficient (Wildman–Crippen LogP) is 1.19. The van der Waals surface area contributed by atoms with E-state index in [-0.39, 0.29) is 41.5 Å². The summed E-state index contributed by atoms with van der Waals surface area (Å²) in [6, 6.07) is 3.34. The van der Waals surface area contributed by atoms with Crippen LogP contribution < -0.4 is 0 Å². The molecule has 2 unspecified atom stereocenters. The summed E-state index contributed by atoms with van der Waals surface area (Å²) in [4.78, 5) is 32.0. The van der Waals surface area contributed by atoms with Crippen molar-refractivity contribution in [3.63, 3.8) is 0 Å². The Balaban J connectivity index is 1.83. The third kappa shape index (κ3) is 2.39. The molecule has 1 aromatic heterocycles. The number of non-ortho nitro benzene ring substituents is 1. The molecule has 10 nitrogen and oxygen atoms in total. The summed E-state index contributed by atoms with van der Waals surface area (Å²) < 4.78 is 0.709. The molecule has 0 spiro atoms. The molecule has 2 heterocycles. The molecule has 2 atom stereocenters. The summed E-state index contributed by atoms with van der Waals surface area (Å²) in [5.74, 6) is -0.782. The van der Waals surface area contributed by atoms with E-state index in [1.165, 1.54) is 23.1 Å². The van der Waals surface area contributed by atoms with E-state index in [1.54, 1.807) is 6.08 Å². The van der Waals surface area contributed by atoms with Crippen molar-refractivity contribution in [3.05, 3.63) is 58.4 Å². The maximum Gasteiger partial charge on any atom is 0.323 e. The van der Waals surface area contributed by atoms with Gasteiger partial charge in [0.2, 0.25) is 5.82 Å². The van der Waals surface area contributed by atoms with Crippen LogP contribution in [-0.2, 0) is 4.79 Å². The number of benzene rings is 1. The average molecular weight is 355 g/mol. The first kappa shape index (κ1) is 15.8.